The van der Waals surface area contributed by atoms with Crippen LogP contribution in [0.2, 0.25) is 0 Å². The van der Waals surface area contributed by atoms with Crippen LogP contribution in [-0.4, -0.2) is 29.1 Å². The number of carbonyl (C=O) groups is 1. The number of urea groups is 1. The van der Waals surface area contributed by atoms with Crippen molar-refractivity contribution in [2.75, 3.05) is 18.4 Å². The lowest BCUT2D eigenvalue weighted by Crippen LogP contribution is -2.30. The number of nitrogens with one attached hydrogen (secondary N) is 4. The molecule has 0 saturated carbocycles. The monoisotopic (exact) mass is 442 g/mol. The third-order valence-electron chi connectivity index (χ3n) is 4.63. The Morgan fingerprint density at radius 2 is 1.88 bits per heavy atom. The van der Waals surface area contributed by atoms with E-state index in [1.807, 2.05) is 0 Å². The van der Waals surface area contributed by atoms with E-state index in [0.717, 1.165) is 6.42 Å². The predicted molar refractivity (Wildman–Crippen MR) is 118 cm³/mol. The van der Waals surface area contributed by atoms with Crippen molar-refractivity contribution in [1.29, 1.82) is 0 Å². The van der Waals surface area contributed by atoms with Gasteiger partial charge in [-0.25, -0.2) is 13.6 Å². The molecule has 32 heavy (non-hydrogen) atoms. The summed E-state index contributed by atoms with van der Waals surface area (Å²) >= 11 is 0. The van der Waals surface area contributed by atoms with Gasteiger partial charge >= 0.3 is 6.03 Å². The summed E-state index contributed by atoms with van der Waals surface area (Å²) < 4.78 is 27.3. The highest BCUT2D eigenvalue weighted by Crippen LogP contribution is 2.19. The average Bonchev–Trinajstić information content (AvgIpc) is 2.77. The molecule has 3 aromatic rings. The number of amides is 2. The highest BCUT2D eigenvalue weighted by atomic mass is 19.1. The zero-order valence-electron chi connectivity index (χ0n) is 17.3. The number of rotatable bonds is 9. The third kappa shape index (κ3) is 6.43. The zero-order chi connectivity index (χ0) is 22.9. The normalized spacial score (nSPS) is 10.7. The first-order chi connectivity index (χ1) is 15.5. The smallest absolute Gasteiger partial charge is 0.321 e. The summed E-state index contributed by atoms with van der Waals surface area (Å²) in [4.78, 5) is 30.9. The van der Waals surface area contributed by atoms with E-state index >= 15 is 0 Å². The van der Waals surface area contributed by atoms with Gasteiger partial charge in [0.15, 0.2) is 0 Å². The number of nitrogens with two attached hydrogens (primary N) is 1. The van der Waals surface area contributed by atoms with Gasteiger partial charge in [0, 0.05) is 24.8 Å². The van der Waals surface area contributed by atoms with Crippen LogP contribution in [0.3, 0.4) is 0 Å². The van der Waals surface area contributed by atoms with Crippen LogP contribution < -0.4 is 27.2 Å². The number of benzene rings is 2. The van der Waals surface area contributed by atoms with Gasteiger partial charge in [0.25, 0.3) is 5.56 Å². The van der Waals surface area contributed by atoms with Gasteiger partial charge in [-0.3, -0.25) is 10.1 Å². The maximum Gasteiger partial charge on any atom is 0.321 e. The number of aromatic amines is 1. The molecule has 0 atom stereocenters. The Balaban J connectivity index is 1.60. The summed E-state index contributed by atoms with van der Waals surface area (Å²) in [7, 11) is 0. The predicted octanol–water partition coefficient (Wildman–Crippen LogP) is 2.48. The van der Waals surface area contributed by atoms with Crippen LogP contribution in [-0.2, 0) is 13.1 Å². The molecule has 2 amide bonds. The van der Waals surface area contributed by atoms with Gasteiger partial charge in [0.05, 0.1) is 5.56 Å². The van der Waals surface area contributed by atoms with Crippen molar-refractivity contribution < 1.29 is 13.6 Å². The second-order valence-corrected chi connectivity index (χ2v) is 7.03. The van der Waals surface area contributed by atoms with Gasteiger partial charge in [-0.15, -0.1) is 0 Å². The molecular formula is C22H24F2N6O2. The molecule has 8 nitrogen and oxygen atoms in total. The summed E-state index contributed by atoms with van der Waals surface area (Å²) in [5.41, 5.74) is 6.53. The number of H-pyrrole nitrogens is 1. The molecule has 0 radical (unpaired) electrons. The van der Waals surface area contributed by atoms with Crippen molar-refractivity contribution in [3.05, 3.63) is 81.8 Å². The summed E-state index contributed by atoms with van der Waals surface area (Å²) in [6.07, 6.45) is 2.16. The minimum atomic E-state index is -0.620. The molecule has 0 saturated heterocycles. The number of carbonyl (C=O) groups excluding carboxylic acids is 1. The van der Waals surface area contributed by atoms with Gasteiger partial charge in [-0.05, 0) is 48.8 Å². The van der Waals surface area contributed by atoms with E-state index in [1.165, 1.54) is 24.4 Å². The maximum atomic E-state index is 14.4. The van der Waals surface area contributed by atoms with Crippen molar-refractivity contribution in [1.82, 2.24) is 20.6 Å². The summed E-state index contributed by atoms with van der Waals surface area (Å²) in [6, 6.07) is 9.60. The molecule has 10 heteroatoms. The van der Waals surface area contributed by atoms with Crippen LogP contribution in [0.25, 0.3) is 11.1 Å². The van der Waals surface area contributed by atoms with Gasteiger partial charge < -0.3 is 21.4 Å². The van der Waals surface area contributed by atoms with Gasteiger partial charge in [0.2, 0.25) is 5.95 Å². The number of anilines is 1. The minimum absolute atomic E-state index is 0.0587. The number of hydrogen-bond acceptors (Lipinski definition) is 5. The van der Waals surface area contributed by atoms with E-state index in [0.29, 0.717) is 36.3 Å². The summed E-state index contributed by atoms with van der Waals surface area (Å²) in [5.74, 6) is -0.866. The van der Waals surface area contributed by atoms with Crippen LogP contribution >= 0.6 is 0 Å². The number of nitrogens with zero attached hydrogens (tertiary/aromatic N) is 1. The zero-order valence-corrected chi connectivity index (χ0v) is 17.3. The number of hydrogen-bond donors (Lipinski definition) is 5. The van der Waals surface area contributed by atoms with Crippen LogP contribution in [0.1, 0.15) is 17.5 Å². The van der Waals surface area contributed by atoms with Gasteiger partial charge in [0.1, 0.15) is 11.6 Å². The fraction of sp³-hybridized carbons (Fsp3) is 0.227. The lowest BCUT2D eigenvalue weighted by molar-refractivity contribution is 0.251. The van der Waals surface area contributed by atoms with Crippen LogP contribution in [0.4, 0.5) is 19.5 Å². The SMILES string of the molecule is NCCCNCc1ccc(-c2c[nH]c(NC(=O)NCc3ccc(F)cc3)nc2=O)cc1F. The van der Waals surface area contributed by atoms with Crippen molar-refractivity contribution in [3.63, 3.8) is 0 Å². The third-order valence-corrected chi connectivity index (χ3v) is 4.63. The Hall–Kier alpha value is -3.63. The molecule has 0 unspecified atom stereocenters. The van der Waals surface area contributed by atoms with E-state index in [2.05, 4.69) is 25.9 Å². The molecule has 0 fully saturated rings. The molecule has 3 rings (SSSR count). The van der Waals surface area contributed by atoms with Crippen LogP contribution in [0.15, 0.2) is 53.5 Å². The largest absolute Gasteiger partial charge is 0.334 e. The fourth-order valence-corrected chi connectivity index (χ4v) is 2.91. The molecule has 2 aromatic carbocycles. The molecule has 168 valence electrons. The fourth-order valence-electron chi connectivity index (χ4n) is 2.91. The Bertz CT molecular complexity index is 1120. The van der Waals surface area contributed by atoms with Crippen LogP contribution in [0.5, 0.6) is 0 Å². The first-order valence-corrected chi connectivity index (χ1v) is 10.0. The molecule has 0 aliphatic carbocycles. The van der Waals surface area contributed by atoms with Gasteiger partial charge in [-0.1, -0.05) is 24.3 Å². The first kappa shape index (κ1) is 23.0. The lowest BCUT2D eigenvalue weighted by atomic mass is 10.1. The standard InChI is InChI=1S/C22H24F2N6O2/c23-17-6-2-14(3-7-17)11-28-22(32)30-21-27-13-18(20(31)29-21)15-4-5-16(19(24)10-15)12-26-9-1-8-25/h2-7,10,13,26H,1,8-9,11-12,25H2,(H3,27,28,29,30,31,32). The second kappa shape index (κ2) is 11.1. The quantitative estimate of drug-likeness (QED) is 0.326. The molecule has 1 aromatic heterocycles. The van der Waals surface area contributed by atoms with E-state index < -0.39 is 17.4 Å². The number of halogens is 2. The molecule has 1 heterocycles. The topological polar surface area (TPSA) is 125 Å². The van der Waals surface area contributed by atoms with E-state index in [-0.39, 0.29) is 23.9 Å². The van der Waals surface area contributed by atoms with Crippen molar-refractivity contribution >= 4 is 12.0 Å². The second-order valence-electron chi connectivity index (χ2n) is 7.03. The Labute approximate surface area is 183 Å². The Morgan fingerprint density at radius 3 is 2.56 bits per heavy atom. The molecule has 0 aliphatic rings. The van der Waals surface area contributed by atoms with E-state index in [9.17, 15) is 18.4 Å². The highest BCUT2D eigenvalue weighted by molar-refractivity contribution is 5.87. The Kier molecular flexibility index (Phi) is 8.01. The van der Waals surface area contributed by atoms with E-state index in [1.54, 1.807) is 24.3 Å². The lowest BCUT2D eigenvalue weighted by Gasteiger charge is -2.09. The minimum Gasteiger partial charge on any atom is -0.334 e. The molecule has 0 aliphatic heterocycles. The van der Waals surface area contributed by atoms with Gasteiger partial charge in [-0.2, -0.15) is 4.98 Å². The maximum absolute atomic E-state index is 14.4. The average molecular weight is 442 g/mol. The first-order valence-electron chi connectivity index (χ1n) is 10.0. The molecular weight excluding hydrogens is 418 g/mol. The van der Waals surface area contributed by atoms with Crippen molar-refractivity contribution in [3.8, 4) is 11.1 Å². The molecule has 0 bridgehead atoms. The summed E-state index contributed by atoms with van der Waals surface area (Å²) in [6.45, 7) is 1.77. The summed E-state index contributed by atoms with van der Waals surface area (Å²) in [5, 5.41) is 8.09. The van der Waals surface area contributed by atoms with Crippen molar-refractivity contribution in [2.45, 2.75) is 19.5 Å². The molecule has 6 N–H and O–H groups in total. The highest BCUT2D eigenvalue weighted by Gasteiger charge is 2.11. The molecule has 0 spiro atoms. The van der Waals surface area contributed by atoms with Crippen molar-refractivity contribution in [2.24, 2.45) is 5.73 Å². The van der Waals surface area contributed by atoms with Crippen LogP contribution in [0, 0.1) is 11.6 Å². The van der Waals surface area contributed by atoms with E-state index in [4.69, 9.17) is 5.73 Å². The number of aromatic nitrogens is 2. The Morgan fingerprint density at radius 1 is 1.09 bits per heavy atom.